The van der Waals surface area contributed by atoms with E-state index in [-0.39, 0.29) is 28.7 Å². The Hall–Kier alpha value is -2.54. The molecule has 21 heavy (non-hydrogen) atoms. The van der Waals surface area contributed by atoms with E-state index in [1.165, 1.54) is 25.1 Å². The van der Waals surface area contributed by atoms with Crippen molar-refractivity contribution in [2.45, 2.75) is 6.92 Å². The summed E-state index contributed by atoms with van der Waals surface area (Å²) in [6, 6.07) is 3.49. The summed E-state index contributed by atoms with van der Waals surface area (Å²) in [5.74, 6) is -1.57. The Morgan fingerprint density at radius 3 is 2.48 bits per heavy atom. The fraction of sp³-hybridized carbons (Fsp3) is 0.154. The van der Waals surface area contributed by atoms with Crippen LogP contribution in [0.4, 0.5) is 16.2 Å². The van der Waals surface area contributed by atoms with Crippen LogP contribution in [0.5, 0.6) is 0 Å². The number of nitrogens with one attached hydrogen (secondary N) is 3. The van der Waals surface area contributed by atoms with Crippen LogP contribution in [0.1, 0.15) is 17.3 Å². The molecule has 0 fully saturated rings. The summed E-state index contributed by atoms with van der Waals surface area (Å²) in [6.07, 6.45) is 0. The van der Waals surface area contributed by atoms with Crippen molar-refractivity contribution >= 4 is 40.9 Å². The van der Waals surface area contributed by atoms with Crippen LogP contribution >= 0.6 is 11.6 Å². The van der Waals surface area contributed by atoms with Crippen molar-refractivity contribution in [1.82, 2.24) is 5.32 Å². The van der Waals surface area contributed by atoms with Gasteiger partial charge in [0, 0.05) is 17.6 Å². The molecule has 0 saturated heterocycles. The number of aromatic carboxylic acids is 1. The monoisotopic (exact) mass is 311 g/mol. The van der Waals surface area contributed by atoms with E-state index in [4.69, 9.17) is 16.7 Å². The van der Waals surface area contributed by atoms with E-state index in [1.807, 2.05) is 0 Å². The zero-order valence-corrected chi connectivity index (χ0v) is 12.0. The van der Waals surface area contributed by atoms with Crippen LogP contribution < -0.4 is 16.0 Å². The van der Waals surface area contributed by atoms with Gasteiger partial charge in [-0.05, 0) is 18.2 Å². The minimum absolute atomic E-state index is 0.0553. The molecule has 0 spiro atoms. The fourth-order valence-corrected chi connectivity index (χ4v) is 1.52. The predicted molar refractivity (Wildman–Crippen MR) is 79.7 cm³/mol. The van der Waals surface area contributed by atoms with E-state index < -0.39 is 12.0 Å². The van der Waals surface area contributed by atoms with Crippen molar-refractivity contribution in [1.29, 1.82) is 0 Å². The molecule has 0 aromatic heterocycles. The SMILES string of the molecule is C=C(Cl)CNC(=O)Nc1ccc(NC(C)=O)cc1C(=O)O. The van der Waals surface area contributed by atoms with Gasteiger partial charge in [0.25, 0.3) is 0 Å². The van der Waals surface area contributed by atoms with Crippen LogP contribution in [0.3, 0.4) is 0 Å². The fourth-order valence-electron chi connectivity index (χ4n) is 1.45. The average molecular weight is 312 g/mol. The van der Waals surface area contributed by atoms with E-state index in [2.05, 4.69) is 22.5 Å². The molecule has 3 amide bonds. The highest BCUT2D eigenvalue weighted by atomic mass is 35.5. The molecule has 0 heterocycles. The quantitative estimate of drug-likeness (QED) is 0.668. The number of anilines is 2. The smallest absolute Gasteiger partial charge is 0.337 e. The first-order valence-electron chi connectivity index (χ1n) is 5.82. The second kappa shape index (κ2) is 7.30. The number of carbonyl (C=O) groups excluding carboxylic acids is 2. The number of hydrogen-bond acceptors (Lipinski definition) is 3. The van der Waals surface area contributed by atoms with Crippen molar-refractivity contribution in [3.8, 4) is 0 Å². The summed E-state index contributed by atoms with van der Waals surface area (Å²) in [5.41, 5.74) is 0.260. The number of urea groups is 1. The van der Waals surface area contributed by atoms with Crippen LogP contribution in [-0.2, 0) is 4.79 Å². The molecule has 0 unspecified atom stereocenters. The second-order valence-corrected chi connectivity index (χ2v) is 4.61. The Balaban J connectivity index is 2.91. The van der Waals surface area contributed by atoms with Gasteiger partial charge >= 0.3 is 12.0 Å². The Morgan fingerprint density at radius 1 is 1.29 bits per heavy atom. The summed E-state index contributed by atoms with van der Waals surface area (Å²) >= 11 is 5.50. The largest absolute Gasteiger partial charge is 0.478 e. The maximum atomic E-state index is 11.6. The van der Waals surface area contributed by atoms with Crippen molar-refractivity contribution in [3.05, 3.63) is 35.4 Å². The molecule has 0 aliphatic rings. The second-order valence-electron chi connectivity index (χ2n) is 4.07. The molecule has 112 valence electrons. The molecule has 0 radical (unpaired) electrons. The van der Waals surface area contributed by atoms with Crippen LogP contribution in [0, 0.1) is 0 Å². The molecular formula is C13H14ClN3O4. The maximum Gasteiger partial charge on any atom is 0.337 e. The number of amides is 3. The molecule has 1 aromatic carbocycles. The highest BCUT2D eigenvalue weighted by molar-refractivity contribution is 6.29. The van der Waals surface area contributed by atoms with Crippen molar-refractivity contribution in [3.63, 3.8) is 0 Å². The van der Waals surface area contributed by atoms with Crippen LogP contribution in [0.15, 0.2) is 29.8 Å². The van der Waals surface area contributed by atoms with E-state index >= 15 is 0 Å². The summed E-state index contributed by atoms with van der Waals surface area (Å²) in [7, 11) is 0. The lowest BCUT2D eigenvalue weighted by Crippen LogP contribution is -2.30. The third-order valence-corrected chi connectivity index (χ3v) is 2.39. The van der Waals surface area contributed by atoms with Crippen LogP contribution in [0.2, 0.25) is 0 Å². The van der Waals surface area contributed by atoms with Crippen LogP contribution in [-0.4, -0.2) is 29.6 Å². The minimum atomic E-state index is -1.24. The third-order valence-electron chi connectivity index (χ3n) is 2.26. The van der Waals surface area contributed by atoms with Crippen molar-refractivity contribution < 1.29 is 19.5 Å². The van der Waals surface area contributed by atoms with Gasteiger partial charge in [-0.25, -0.2) is 9.59 Å². The lowest BCUT2D eigenvalue weighted by Gasteiger charge is -2.11. The van der Waals surface area contributed by atoms with E-state index in [0.717, 1.165) is 0 Å². The zero-order valence-electron chi connectivity index (χ0n) is 11.2. The molecular weight excluding hydrogens is 298 g/mol. The first-order chi connectivity index (χ1) is 9.79. The molecule has 0 atom stereocenters. The number of carboxylic acid groups (broad SMARTS) is 1. The summed E-state index contributed by atoms with van der Waals surface area (Å²) in [6.45, 7) is 4.77. The first-order valence-corrected chi connectivity index (χ1v) is 6.20. The Kier molecular flexibility index (Phi) is 5.74. The lowest BCUT2D eigenvalue weighted by atomic mass is 10.1. The molecule has 4 N–H and O–H groups in total. The van der Waals surface area contributed by atoms with Crippen molar-refractivity contribution in [2.75, 3.05) is 17.2 Å². The summed E-state index contributed by atoms with van der Waals surface area (Å²) in [5, 5.41) is 16.6. The lowest BCUT2D eigenvalue weighted by molar-refractivity contribution is -0.114. The highest BCUT2D eigenvalue weighted by Gasteiger charge is 2.13. The Labute approximate surface area is 126 Å². The molecule has 7 nitrogen and oxygen atoms in total. The number of rotatable bonds is 5. The third kappa shape index (κ3) is 5.53. The van der Waals surface area contributed by atoms with Gasteiger partial charge in [0.1, 0.15) is 0 Å². The molecule has 8 heteroatoms. The van der Waals surface area contributed by atoms with Gasteiger partial charge in [0.05, 0.1) is 17.8 Å². The first kappa shape index (κ1) is 16.5. The normalized spacial score (nSPS) is 9.62. The summed E-state index contributed by atoms with van der Waals surface area (Å²) < 4.78 is 0. The van der Waals surface area contributed by atoms with Gasteiger partial charge in [-0.15, -0.1) is 0 Å². The topological polar surface area (TPSA) is 108 Å². The van der Waals surface area contributed by atoms with E-state index in [1.54, 1.807) is 0 Å². The Morgan fingerprint density at radius 2 is 1.95 bits per heavy atom. The van der Waals surface area contributed by atoms with Gasteiger partial charge in [-0.2, -0.15) is 0 Å². The van der Waals surface area contributed by atoms with E-state index in [9.17, 15) is 14.4 Å². The number of halogens is 1. The average Bonchev–Trinajstić information content (AvgIpc) is 2.37. The molecule has 0 bridgehead atoms. The molecule has 0 aliphatic heterocycles. The summed E-state index contributed by atoms with van der Waals surface area (Å²) in [4.78, 5) is 33.7. The number of hydrogen-bond donors (Lipinski definition) is 4. The van der Waals surface area contributed by atoms with Crippen LogP contribution in [0.25, 0.3) is 0 Å². The van der Waals surface area contributed by atoms with Gasteiger partial charge < -0.3 is 21.1 Å². The Bertz CT molecular complexity index is 601. The number of benzene rings is 1. The minimum Gasteiger partial charge on any atom is -0.478 e. The molecule has 1 rings (SSSR count). The highest BCUT2D eigenvalue weighted by Crippen LogP contribution is 2.20. The van der Waals surface area contributed by atoms with Crippen molar-refractivity contribution in [2.24, 2.45) is 0 Å². The zero-order chi connectivity index (χ0) is 16.0. The van der Waals surface area contributed by atoms with Gasteiger partial charge in [-0.3, -0.25) is 4.79 Å². The standard InChI is InChI=1S/C13H14ClN3O4/c1-7(14)6-15-13(21)17-11-4-3-9(16-8(2)18)5-10(11)12(19)20/h3-5H,1,6H2,2H3,(H,16,18)(H,19,20)(H2,15,17,21). The maximum absolute atomic E-state index is 11.6. The molecule has 0 saturated carbocycles. The van der Waals surface area contributed by atoms with Gasteiger partial charge in [0.15, 0.2) is 0 Å². The predicted octanol–water partition coefficient (Wildman–Crippen LogP) is 2.22. The van der Waals surface area contributed by atoms with Gasteiger partial charge in [0.2, 0.25) is 5.91 Å². The van der Waals surface area contributed by atoms with E-state index in [0.29, 0.717) is 5.69 Å². The molecule has 0 aliphatic carbocycles. The number of carbonyl (C=O) groups is 3. The van der Waals surface area contributed by atoms with Gasteiger partial charge in [-0.1, -0.05) is 18.2 Å². The molecule has 1 aromatic rings. The number of carboxylic acids is 1.